The van der Waals surface area contributed by atoms with Gasteiger partial charge in [-0.3, -0.25) is 20.4 Å². The molecule has 0 aliphatic heterocycles. The highest BCUT2D eigenvalue weighted by Gasteiger charge is 2.29. The summed E-state index contributed by atoms with van der Waals surface area (Å²) in [6.45, 7) is 1.77. The molecule has 128 valence electrons. The summed E-state index contributed by atoms with van der Waals surface area (Å²) in [5.74, 6) is -1.76. The van der Waals surface area contributed by atoms with E-state index in [-0.39, 0.29) is 0 Å². The number of benzene rings is 1. The van der Waals surface area contributed by atoms with Gasteiger partial charge in [-0.05, 0) is 30.8 Å². The van der Waals surface area contributed by atoms with Gasteiger partial charge >= 0.3 is 5.51 Å². The van der Waals surface area contributed by atoms with Gasteiger partial charge in [-0.25, -0.2) is 0 Å². The SMILES string of the molecule is CCOc1ccccc1OCC(=O)NNC(=O)CSC(F)(F)F. The van der Waals surface area contributed by atoms with Crippen LogP contribution >= 0.6 is 11.8 Å². The third kappa shape index (κ3) is 8.19. The molecular weight excluding hydrogens is 337 g/mol. The van der Waals surface area contributed by atoms with E-state index in [1.165, 1.54) is 0 Å². The number of amides is 2. The first-order chi connectivity index (χ1) is 10.8. The summed E-state index contributed by atoms with van der Waals surface area (Å²) in [5, 5.41) is 0. The minimum atomic E-state index is -4.51. The summed E-state index contributed by atoms with van der Waals surface area (Å²) < 4.78 is 46.2. The number of carbonyl (C=O) groups excluding carboxylic acids is 2. The number of ether oxygens (including phenoxy) is 2. The van der Waals surface area contributed by atoms with Gasteiger partial charge in [-0.15, -0.1) is 0 Å². The Morgan fingerprint density at radius 2 is 1.65 bits per heavy atom. The Balaban J connectivity index is 2.33. The minimum absolute atomic E-state index is 0.337. The molecule has 1 aromatic rings. The third-order valence-corrected chi connectivity index (χ3v) is 2.95. The van der Waals surface area contributed by atoms with Crippen LogP contribution in [0.2, 0.25) is 0 Å². The van der Waals surface area contributed by atoms with Gasteiger partial charge in [0.15, 0.2) is 18.1 Å². The van der Waals surface area contributed by atoms with E-state index in [9.17, 15) is 22.8 Å². The molecule has 0 saturated heterocycles. The number of hydrogen-bond acceptors (Lipinski definition) is 5. The van der Waals surface area contributed by atoms with Gasteiger partial charge in [0.2, 0.25) is 5.91 Å². The van der Waals surface area contributed by atoms with E-state index < -0.39 is 41.4 Å². The average Bonchev–Trinajstić information content (AvgIpc) is 2.49. The molecule has 1 rings (SSSR count). The van der Waals surface area contributed by atoms with E-state index in [2.05, 4.69) is 0 Å². The molecule has 0 spiro atoms. The van der Waals surface area contributed by atoms with Crippen LogP contribution in [-0.4, -0.2) is 36.3 Å². The van der Waals surface area contributed by atoms with Crippen LogP contribution in [0, 0.1) is 0 Å². The molecule has 10 heteroatoms. The van der Waals surface area contributed by atoms with Crippen LogP contribution in [0.5, 0.6) is 11.5 Å². The van der Waals surface area contributed by atoms with Crippen LogP contribution in [-0.2, 0) is 9.59 Å². The molecule has 2 N–H and O–H groups in total. The number of alkyl halides is 3. The fourth-order valence-corrected chi connectivity index (χ4v) is 1.71. The van der Waals surface area contributed by atoms with Crippen LogP contribution in [0.25, 0.3) is 0 Å². The van der Waals surface area contributed by atoms with Crippen LogP contribution in [0.1, 0.15) is 6.92 Å². The fourth-order valence-electron chi connectivity index (χ4n) is 1.35. The van der Waals surface area contributed by atoms with Gasteiger partial charge in [-0.2, -0.15) is 13.2 Å². The van der Waals surface area contributed by atoms with E-state index in [0.717, 1.165) is 0 Å². The van der Waals surface area contributed by atoms with Gasteiger partial charge in [0, 0.05) is 0 Å². The van der Waals surface area contributed by atoms with E-state index >= 15 is 0 Å². The van der Waals surface area contributed by atoms with Gasteiger partial charge in [-0.1, -0.05) is 12.1 Å². The summed E-state index contributed by atoms with van der Waals surface area (Å²) in [5.41, 5.74) is -0.691. The second-order valence-corrected chi connectivity index (χ2v) is 5.04. The fraction of sp³-hybridized carbons (Fsp3) is 0.385. The number of thioether (sulfide) groups is 1. The normalized spacial score (nSPS) is 10.8. The lowest BCUT2D eigenvalue weighted by Gasteiger charge is -2.12. The van der Waals surface area contributed by atoms with Crippen LogP contribution in [0.3, 0.4) is 0 Å². The molecule has 0 unspecified atom stereocenters. The van der Waals surface area contributed by atoms with Crippen LogP contribution in [0.15, 0.2) is 24.3 Å². The van der Waals surface area contributed by atoms with E-state index in [1.54, 1.807) is 31.2 Å². The van der Waals surface area contributed by atoms with Crippen LogP contribution in [0.4, 0.5) is 13.2 Å². The second kappa shape index (κ2) is 9.13. The van der Waals surface area contributed by atoms with Gasteiger partial charge < -0.3 is 9.47 Å². The monoisotopic (exact) mass is 352 g/mol. The Kier molecular flexibility index (Phi) is 7.52. The summed E-state index contributed by atoms with van der Waals surface area (Å²) in [4.78, 5) is 22.6. The predicted octanol–water partition coefficient (Wildman–Crippen LogP) is 1.86. The molecule has 23 heavy (non-hydrogen) atoms. The van der Waals surface area contributed by atoms with E-state index in [1.807, 2.05) is 10.9 Å². The highest BCUT2D eigenvalue weighted by atomic mass is 32.2. The van der Waals surface area contributed by atoms with E-state index in [4.69, 9.17) is 9.47 Å². The molecule has 0 atom stereocenters. The number of nitrogens with one attached hydrogen (secondary N) is 2. The maximum absolute atomic E-state index is 11.9. The Morgan fingerprint density at radius 3 is 2.22 bits per heavy atom. The third-order valence-electron chi connectivity index (χ3n) is 2.22. The van der Waals surface area contributed by atoms with Crippen molar-refractivity contribution < 1.29 is 32.2 Å². The largest absolute Gasteiger partial charge is 0.490 e. The zero-order valence-corrected chi connectivity index (χ0v) is 12.9. The first-order valence-corrected chi connectivity index (χ1v) is 7.43. The zero-order chi connectivity index (χ0) is 17.3. The van der Waals surface area contributed by atoms with Gasteiger partial charge in [0.05, 0.1) is 12.4 Å². The molecule has 0 heterocycles. The molecule has 0 fully saturated rings. The van der Waals surface area contributed by atoms with Crippen molar-refractivity contribution in [1.29, 1.82) is 0 Å². The quantitative estimate of drug-likeness (QED) is 0.733. The standard InChI is InChI=1S/C13H15F3N2O4S/c1-2-21-9-5-3-4-6-10(9)22-7-11(19)17-18-12(20)8-23-13(14,15)16/h3-6H,2,7-8H2,1H3,(H,17,19)(H,18,20). The number of halogens is 3. The second-order valence-electron chi connectivity index (χ2n) is 4.00. The first kappa shape index (κ1) is 18.9. The number of carbonyl (C=O) groups is 2. The molecular formula is C13H15F3N2O4S. The molecule has 1 aromatic carbocycles. The smallest absolute Gasteiger partial charge is 0.442 e. The molecule has 0 aromatic heterocycles. The van der Waals surface area contributed by atoms with Crippen molar-refractivity contribution >= 4 is 23.6 Å². The zero-order valence-electron chi connectivity index (χ0n) is 12.1. The average molecular weight is 352 g/mol. The molecule has 0 aliphatic carbocycles. The highest BCUT2D eigenvalue weighted by Crippen LogP contribution is 2.29. The molecule has 0 aliphatic rings. The van der Waals surface area contributed by atoms with E-state index in [0.29, 0.717) is 18.1 Å². The lowest BCUT2D eigenvalue weighted by molar-refractivity contribution is -0.129. The van der Waals surface area contributed by atoms with Crippen molar-refractivity contribution in [1.82, 2.24) is 10.9 Å². The topological polar surface area (TPSA) is 76.7 Å². The van der Waals surface area contributed by atoms with Crippen molar-refractivity contribution in [2.24, 2.45) is 0 Å². The summed E-state index contributed by atoms with van der Waals surface area (Å²) in [6, 6.07) is 6.67. The Morgan fingerprint density at radius 1 is 1.09 bits per heavy atom. The maximum atomic E-state index is 11.9. The lowest BCUT2D eigenvalue weighted by atomic mass is 10.3. The van der Waals surface area contributed by atoms with Gasteiger partial charge in [0.25, 0.3) is 5.91 Å². The summed E-state index contributed by atoms with van der Waals surface area (Å²) >= 11 is -0.500. The molecule has 0 saturated carbocycles. The van der Waals surface area contributed by atoms with Crippen molar-refractivity contribution in [2.75, 3.05) is 19.0 Å². The van der Waals surface area contributed by atoms with Crippen molar-refractivity contribution in [3.05, 3.63) is 24.3 Å². The van der Waals surface area contributed by atoms with Crippen LogP contribution < -0.4 is 20.3 Å². The maximum Gasteiger partial charge on any atom is 0.442 e. The minimum Gasteiger partial charge on any atom is -0.490 e. The Labute approximate surface area is 134 Å². The highest BCUT2D eigenvalue weighted by molar-refractivity contribution is 8.00. The lowest BCUT2D eigenvalue weighted by Crippen LogP contribution is -2.44. The molecule has 2 amide bonds. The molecule has 0 bridgehead atoms. The Hall–Kier alpha value is -2.10. The number of para-hydroxylation sites is 2. The van der Waals surface area contributed by atoms with Crippen molar-refractivity contribution in [3.8, 4) is 11.5 Å². The molecule has 6 nitrogen and oxygen atoms in total. The summed E-state index contributed by atoms with van der Waals surface area (Å²) in [7, 11) is 0. The first-order valence-electron chi connectivity index (χ1n) is 6.45. The number of rotatable bonds is 7. The van der Waals surface area contributed by atoms with Gasteiger partial charge in [0.1, 0.15) is 0 Å². The van der Waals surface area contributed by atoms with Crippen molar-refractivity contribution in [2.45, 2.75) is 12.4 Å². The van der Waals surface area contributed by atoms with Crippen molar-refractivity contribution in [3.63, 3.8) is 0 Å². The number of hydrazine groups is 1. The number of hydrogen-bond donors (Lipinski definition) is 2. The summed E-state index contributed by atoms with van der Waals surface area (Å²) in [6.07, 6.45) is 0. The Bertz CT molecular complexity index is 540. The predicted molar refractivity (Wildman–Crippen MR) is 77.9 cm³/mol. The molecule has 0 radical (unpaired) electrons.